The van der Waals surface area contributed by atoms with Gasteiger partial charge < -0.3 is 0 Å². The molecule has 0 spiro atoms. The molecule has 1 aromatic heterocycles. The molecular formula is C24H33F3N2O2S. The summed E-state index contributed by atoms with van der Waals surface area (Å²) in [6.07, 6.45) is 0.180. The second kappa shape index (κ2) is 11.6. The molecule has 0 bridgehead atoms. The van der Waals surface area contributed by atoms with Crippen molar-refractivity contribution in [2.24, 2.45) is 10.4 Å². The number of aryl methyl sites for hydroxylation is 1. The number of unbranched alkanes of at least 4 members (excludes halogenated alkanes) is 2. The molecule has 32 heavy (non-hydrogen) atoms. The lowest BCUT2D eigenvalue weighted by Gasteiger charge is -2.18. The SMILES string of the molecule is CC(=Nc1cc(S(=O)(=O)c2ccncc2)ccc1C)C(C)(C)C.CCCCCC(F)(F)F. The first-order chi connectivity index (χ1) is 14.7. The Hall–Kier alpha value is -2.22. The minimum Gasteiger partial charge on any atom is -0.265 e. The number of rotatable bonds is 6. The summed E-state index contributed by atoms with van der Waals surface area (Å²) in [6.45, 7) is 12.0. The van der Waals surface area contributed by atoms with Crippen molar-refractivity contribution >= 4 is 21.2 Å². The van der Waals surface area contributed by atoms with Gasteiger partial charge in [0.2, 0.25) is 9.84 Å². The van der Waals surface area contributed by atoms with Crippen LogP contribution in [0.25, 0.3) is 0 Å². The fourth-order valence-electron chi connectivity index (χ4n) is 2.45. The first-order valence-corrected chi connectivity index (χ1v) is 12.0. The Bertz CT molecular complexity index is 994. The van der Waals surface area contributed by atoms with Crippen LogP contribution in [0.3, 0.4) is 0 Å². The summed E-state index contributed by atoms with van der Waals surface area (Å²) in [5, 5.41) is 0. The normalized spacial score (nSPS) is 12.8. The van der Waals surface area contributed by atoms with Crippen LogP contribution < -0.4 is 0 Å². The number of aromatic nitrogens is 1. The van der Waals surface area contributed by atoms with Crippen LogP contribution in [0.15, 0.2) is 57.5 Å². The van der Waals surface area contributed by atoms with Crippen molar-refractivity contribution in [1.29, 1.82) is 0 Å². The molecule has 0 atom stereocenters. The van der Waals surface area contributed by atoms with Crippen LogP contribution in [0.2, 0.25) is 0 Å². The molecule has 0 fully saturated rings. The highest BCUT2D eigenvalue weighted by Crippen LogP contribution is 2.29. The summed E-state index contributed by atoms with van der Waals surface area (Å²) in [5.74, 6) is 0. The molecule has 2 rings (SSSR count). The van der Waals surface area contributed by atoms with Gasteiger partial charge in [-0.1, -0.05) is 46.6 Å². The summed E-state index contributed by atoms with van der Waals surface area (Å²) in [5.41, 5.74) is 2.53. The Kier molecular flexibility index (Phi) is 10.1. The molecule has 0 aliphatic rings. The zero-order valence-corrected chi connectivity index (χ0v) is 20.4. The van der Waals surface area contributed by atoms with E-state index in [2.05, 4.69) is 30.7 Å². The van der Waals surface area contributed by atoms with Crippen molar-refractivity contribution in [1.82, 2.24) is 4.98 Å². The molecule has 0 amide bonds. The summed E-state index contributed by atoms with van der Waals surface area (Å²) in [4.78, 5) is 8.98. The van der Waals surface area contributed by atoms with Crippen molar-refractivity contribution in [2.75, 3.05) is 0 Å². The fraction of sp³-hybridized carbons (Fsp3) is 0.500. The number of hydrogen-bond acceptors (Lipinski definition) is 4. The largest absolute Gasteiger partial charge is 0.389 e. The van der Waals surface area contributed by atoms with Crippen LogP contribution in [-0.4, -0.2) is 25.3 Å². The van der Waals surface area contributed by atoms with Gasteiger partial charge in [0.25, 0.3) is 0 Å². The maximum Gasteiger partial charge on any atom is 0.389 e. The monoisotopic (exact) mass is 470 g/mol. The van der Waals surface area contributed by atoms with Crippen molar-refractivity contribution in [2.45, 2.75) is 83.2 Å². The van der Waals surface area contributed by atoms with Gasteiger partial charge in [0.15, 0.2) is 0 Å². The van der Waals surface area contributed by atoms with Gasteiger partial charge >= 0.3 is 6.18 Å². The molecule has 0 N–H and O–H groups in total. The van der Waals surface area contributed by atoms with Gasteiger partial charge in [-0.05, 0) is 55.5 Å². The molecule has 0 aliphatic carbocycles. The van der Waals surface area contributed by atoms with E-state index in [1.54, 1.807) is 18.2 Å². The summed E-state index contributed by atoms with van der Waals surface area (Å²) in [7, 11) is -3.56. The lowest BCUT2D eigenvalue weighted by atomic mass is 9.91. The van der Waals surface area contributed by atoms with Gasteiger partial charge in [-0.2, -0.15) is 13.2 Å². The number of halogens is 3. The van der Waals surface area contributed by atoms with Crippen LogP contribution in [0.4, 0.5) is 18.9 Å². The van der Waals surface area contributed by atoms with Crippen LogP contribution in [0.1, 0.15) is 65.9 Å². The van der Waals surface area contributed by atoms with Gasteiger partial charge in [-0.15, -0.1) is 0 Å². The molecule has 0 unspecified atom stereocenters. The van der Waals surface area contributed by atoms with Gasteiger partial charge in [0.1, 0.15) is 0 Å². The molecular weight excluding hydrogens is 437 g/mol. The Morgan fingerprint density at radius 1 is 1.00 bits per heavy atom. The number of hydrogen-bond donors (Lipinski definition) is 0. The number of nitrogens with zero attached hydrogens (tertiary/aromatic N) is 2. The predicted octanol–water partition coefficient (Wildman–Crippen LogP) is 7.49. The van der Waals surface area contributed by atoms with E-state index in [1.165, 1.54) is 24.5 Å². The Morgan fingerprint density at radius 2 is 1.59 bits per heavy atom. The first-order valence-electron chi connectivity index (χ1n) is 10.6. The number of sulfone groups is 1. The highest BCUT2D eigenvalue weighted by atomic mass is 32.2. The van der Waals surface area contributed by atoms with Gasteiger partial charge in [-0.3, -0.25) is 9.98 Å². The van der Waals surface area contributed by atoms with E-state index in [4.69, 9.17) is 0 Å². The second-order valence-electron chi connectivity index (χ2n) is 8.65. The number of alkyl halides is 3. The van der Waals surface area contributed by atoms with Crippen LogP contribution in [0, 0.1) is 12.3 Å². The average Bonchev–Trinajstić information content (AvgIpc) is 2.69. The van der Waals surface area contributed by atoms with Crippen molar-refractivity contribution in [3.8, 4) is 0 Å². The highest BCUT2D eigenvalue weighted by molar-refractivity contribution is 7.91. The average molecular weight is 471 g/mol. The van der Waals surface area contributed by atoms with Crippen LogP contribution >= 0.6 is 0 Å². The van der Waals surface area contributed by atoms with E-state index in [0.29, 0.717) is 12.1 Å². The Labute approximate surface area is 189 Å². The Balaban J connectivity index is 0.000000482. The fourth-order valence-corrected chi connectivity index (χ4v) is 3.72. The van der Waals surface area contributed by atoms with Crippen molar-refractivity contribution in [3.05, 3.63) is 48.3 Å². The quantitative estimate of drug-likeness (QED) is 0.325. The Morgan fingerprint density at radius 3 is 2.09 bits per heavy atom. The molecule has 0 aliphatic heterocycles. The third-order valence-electron chi connectivity index (χ3n) is 4.89. The standard InChI is InChI=1S/C18H22N2O2S.C6H11F3/c1-13-6-7-16(12-17(13)20-14(2)18(3,4)5)23(21,22)15-8-10-19-11-9-15;1-2-3-4-5-6(7,8)9/h6-12H,1-5H3;2-5H2,1H3. The zero-order valence-electron chi connectivity index (χ0n) is 19.6. The van der Waals surface area contributed by atoms with Crippen LogP contribution in [0.5, 0.6) is 0 Å². The summed E-state index contributed by atoms with van der Waals surface area (Å²) in [6, 6.07) is 8.05. The van der Waals surface area contributed by atoms with E-state index in [9.17, 15) is 21.6 Å². The van der Waals surface area contributed by atoms with Gasteiger partial charge in [0, 0.05) is 24.5 Å². The number of pyridine rings is 1. The minimum atomic E-state index is -3.95. The molecule has 0 saturated carbocycles. The molecule has 2 aromatic rings. The molecule has 178 valence electrons. The summed E-state index contributed by atoms with van der Waals surface area (Å²) < 4.78 is 59.5. The smallest absolute Gasteiger partial charge is 0.265 e. The predicted molar refractivity (Wildman–Crippen MR) is 123 cm³/mol. The van der Waals surface area contributed by atoms with Gasteiger partial charge in [-0.25, -0.2) is 8.42 Å². The van der Waals surface area contributed by atoms with E-state index in [0.717, 1.165) is 17.7 Å². The second-order valence-corrected chi connectivity index (χ2v) is 10.6. The van der Waals surface area contributed by atoms with E-state index in [-0.39, 0.29) is 21.6 Å². The van der Waals surface area contributed by atoms with E-state index >= 15 is 0 Å². The lowest BCUT2D eigenvalue weighted by Crippen LogP contribution is -2.16. The molecule has 1 aromatic carbocycles. The third-order valence-corrected chi connectivity index (χ3v) is 6.66. The molecule has 1 heterocycles. The minimum absolute atomic E-state index is 0.0631. The topological polar surface area (TPSA) is 59.4 Å². The van der Waals surface area contributed by atoms with Crippen LogP contribution in [-0.2, 0) is 9.84 Å². The maximum atomic E-state index is 12.7. The summed E-state index contributed by atoms with van der Waals surface area (Å²) >= 11 is 0. The molecule has 8 heteroatoms. The molecule has 4 nitrogen and oxygen atoms in total. The van der Waals surface area contributed by atoms with E-state index in [1.807, 2.05) is 20.8 Å². The van der Waals surface area contributed by atoms with E-state index < -0.39 is 22.4 Å². The third kappa shape index (κ3) is 9.10. The highest BCUT2D eigenvalue weighted by Gasteiger charge is 2.25. The maximum absolute atomic E-state index is 12.7. The van der Waals surface area contributed by atoms with Crippen molar-refractivity contribution < 1.29 is 21.6 Å². The lowest BCUT2D eigenvalue weighted by molar-refractivity contribution is -0.135. The van der Waals surface area contributed by atoms with Gasteiger partial charge in [0.05, 0.1) is 15.5 Å². The zero-order chi connectivity index (χ0) is 24.6. The first kappa shape index (κ1) is 27.8. The number of benzene rings is 1. The van der Waals surface area contributed by atoms with Crippen molar-refractivity contribution in [3.63, 3.8) is 0 Å². The molecule has 0 radical (unpaired) electrons. The number of aliphatic imine (C=N–C) groups is 1. The molecule has 0 saturated heterocycles.